The van der Waals surface area contributed by atoms with E-state index in [1.807, 2.05) is 0 Å². The Bertz CT molecular complexity index is 599. The maximum Gasteiger partial charge on any atom is 0.418 e. The number of carbonyl (C=O) groups is 1. The number of hydrazine groups is 1. The lowest BCUT2D eigenvalue weighted by Gasteiger charge is -2.14. The molecule has 0 unspecified atom stereocenters. The third-order valence-electron chi connectivity index (χ3n) is 2.49. The predicted octanol–water partition coefficient (Wildman–Crippen LogP) is 2.86. The van der Waals surface area contributed by atoms with Crippen molar-refractivity contribution in [1.82, 2.24) is 10.4 Å². The minimum Gasteiger partial charge on any atom is -0.298 e. The Labute approximate surface area is 112 Å². The molecule has 0 fully saturated rings. The summed E-state index contributed by atoms with van der Waals surface area (Å²) >= 11 is 0. The van der Waals surface area contributed by atoms with E-state index in [1.165, 1.54) is 42.7 Å². The van der Waals surface area contributed by atoms with Gasteiger partial charge >= 0.3 is 6.18 Å². The van der Waals surface area contributed by atoms with E-state index < -0.39 is 17.6 Å². The van der Waals surface area contributed by atoms with Crippen LogP contribution in [0.2, 0.25) is 0 Å². The summed E-state index contributed by atoms with van der Waals surface area (Å²) in [4.78, 5) is 15.4. The zero-order chi connectivity index (χ0) is 14.6. The van der Waals surface area contributed by atoms with Crippen LogP contribution >= 0.6 is 0 Å². The number of amides is 1. The molecular formula is C13H10F3N3O. The highest BCUT2D eigenvalue weighted by Gasteiger charge is 2.33. The Morgan fingerprint density at radius 1 is 1.05 bits per heavy atom. The number of hydrogen-bond donors (Lipinski definition) is 2. The Morgan fingerprint density at radius 2 is 1.70 bits per heavy atom. The summed E-state index contributed by atoms with van der Waals surface area (Å²) < 4.78 is 38.2. The van der Waals surface area contributed by atoms with Gasteiger partial charge in [0.25, 0.3) is 5.91 Å². The molecule has 104 valence electrons. The molecule has 0 spiro atoms. The minimum absolute atomic E-state index is 0.220. The van der Waals surface area contributed by atoms with Gasteiger partial charge in [-0.25, -0.2) is 0 Å². The molecule has 20 heavy (non-hydrogen) atoms. The number of hydrogen-bond acceptors (Lipinski definition) is 3. The molecule has 0 atom stereocenters. The summed E-state index contributed by atoms with van der Waals surface area (Å²) in [6, 6.07) is 7.78. The van der Waals surface area contributed by atoms with Crippen LogP contribution in [0, 0.1) is 0 Å². The molecule has 2 aromatic rings. The number of aromatic nitrogens is 1. The first kappa shape index (κ1) is 13.9. The number of benzene rings is 1. The average molecular weight is 281 g/mol. The van der Waals surface area contributed by atoms with Crippen molar-refractivity contribution < 1.29 is 18.0 Å². The molecule has 2 N–H and O–H groups in total. The van der Waals surface area contributed by atoms with E-state index >= 15 is 0 Å². The van der Waals surface area contributed by atoms with E-state index in [0.717, 1.165) is 6.07 Å². The third kappa shape index (κ3) is 3.25. The number of anilines is 1. The van der Waals surface area contributed by atoms with Crippen molar-refractivity contribution in [2.75, 3.05) is 5.43 Å². The van der Waals surface area contributed by atoms with Crippen LogP contribution in [0.1, 0.15) is 15.9 Å². The molecule has 1 heterocycles. The fraction of sp³-hybridized carbons (Fsp3) is 0.0769. The lowest BCUT2D eigenvalue weighted by atomic mass is 10.2. The second kappa shape index (κ2) is 5.60. The highest BCUT2D eigenvalue weighted by atomic mass is 19.4. The number of halogens is 3. The Kier molecular flexibility index (Phi) is 3.88. The van der Waals surface area contributed by atoms with E-state index in [-0.39, 0.29) is 11.3 Å². The highest BCUT2D eigenvalue weighted by Crippen LogP contribution is 2.34. The van der Waals surface area contributed by atoms with E-state index in [4.69, 9.17) is 0 Å². The average Bonchev–Trinajstić information content (AvgIpc) is 2.45. The van der Waals surface area contributed by atoms with Gasteiger partial charge in [0.15, 0.2) is 0 Å². The molecule has 0 bridgehead atoms. The molecule has 0 aliphatic heterocycles. The summed E-state index contributed by atoms with van der Waals surface area (Å²) in [6.45, 7) is 0. The molecule has 0 aliphatic carbocycles. The van der Waals surface area contributed by atoms with E-state index in [9.17, 15) is 18.0 Å². The molecular weight excluding hydrogens is 271 g/mol. The molecule has 4 nitrogen and oxygen atoms in total. The smallest absolute Gasteiger partial charge is 0.298 e. The van der Waals surface area contributed by atoms with E-state index in [0.29, 0.717) is 0 Å². The Morgan fingerprint density at radius 3 is 2.35 bits per heavy atom. The van der Waals surface area contributed by atoms with Gasteiger partial charge in [-0.1, -0.05) is 12.1 Å². The first-order valence-electron chi connectivity index (χ1n) is 5.61. The zero-order valence-electron chi connectivity index (χ0n) is 10.1. The number of alkyl halides is 3. The van der Waals surface area contributed by atoms with Crippen molar-refractivity contribution in [3.8, 4) is 0 Å². The standard InChI is InChI=1S/C13H10F3N3O/c14-13(15,16)10-3-1-2-4-11(10)18-19-12(20)9-5-7-17-8-6-9/h1-8,18H,(H,19,20). The van der Waals surface area contributed by atoms with Crippen LogP contribution in [0.3, 0.4) is 0 Å². The van der Waals surface area contributed by atoms with Crippen LogP contribution in [-0.2, 0) is 6.18 Å². The predicted molar refractivity (Wildman–Crippen MR) is 66.8 cm³/mol. The second-order valence-corrected chi connectivity index (χ2v) is 3.86. The highest BCUT2D eigenvalue weighted by molar-refractivity contribution is 5.94. The van der Waals surface area contributed by atoms with Crippen molar-refractivity contribution in [1.29, 1.82) is 0 Å². The number of nitrogens with zero attached hydrogens (tertiary/aromatic N) is 1. The molecule has 0 saturated heterocycles. The molecule has 0 saturated carbocycles. The SMILES string of the molecule is O=C(NNc1ccccc1C(F)(F)F)c1ccncc1. The van der Waals surface area contributed by atoms with Gasteiger partial charge in [-0.15, -0.1) is 0 Å². The number of rotatable bonds is 3. The van der Waals surface area contributed by atoms with Crippen molar-refractivity contribution in [2.24, 2.45) is 0 Å². The first-order chi connectivity index (χ1) is 9.48. The largest absolute Gasteiger partial charge is 0.418 e. The molecule has 0 aliphatic rings. The van der Waals surface area contributed by atoms with Gasteiger partial charge < -0.3 is 0 Å². The first-order valence-corrected chi connectivity index (χ1v) is 5.61. The van der Waals surface area contributed by atoms with Crippen molar-refractivity contribution in [3.63, 3.8) is 0 Å². The number of para-hydroxylation sites is 1. The van der Waals surface area contributed by atoms with Crippen LogP contribution < -0.4 is 10.9 Å². The van der Waals surface area contributed by atoms with Crippen molar-refractivity contribution >= 4 is 11.6 Å². The molecule has 0 radical (unpaired) electrons. The van der Waals surface area contributed by atoms with Gasteiger partial charge in [0.1, 0.15) is 0 Å². The molecule has 1 aromatic heterocycles. The zero-order valence-corrected chi connectivity index (χ0v) is 10.1. The van der Waals surface area contributed by atoms with Crippen molar-refractivity contribution in [3.05, 3.63) is 59.9 Å². The van der Waals surface area contributed by atoms with Crippen LogP contribution in [0.4, 0.5) is 18.9 Å². The number of nitrogens with one attached hydrogen (secondary N) is 2. The number of pyridine rings is 1. The normalized spacial score (nSPS) is 10.9. The molecule has 1 amide bonds. The van der Waals surface area contributed by atoms with Crippen LogP contribution in [0.5, 0.6) is 0 Å². The molecule has 7 heteroatoms. The quantitative estimate of drug-likeness (QED) is 0.851. The summed E-state index contributed by atoms with van der Waals surface area (Å²) in [5.41, 5.74) is 3.71. The van der Waals surface area contributed by atoms with Gasteiger partial charge in [0, 0.05) is 18.0 Å². The van der Waals surface area contributed by atoms with Gasteiger partial charge in [-0.2, -0.15) is 13.2 Å². The fourth-order valence-electron chi connectivity index (χ4n) is 1.54. The monoisotopic (exact) mass is 281 g/mol. The molecule has 2 rings (SSSR count). The van der Waals surface area contributed by atoms with Gasteiger partial charge in [-0.3, -0.25) is 20.6 Å². The second-order valence-electron chi connectivity index (χ2n) is 3.86. The minimum atomic E-state index is -4.50. The molecule has 1 aromatic carbocycles. The van der Waals surface area contributed by atoms with Crippen LogP contribution in [0.15, 0.2) is 48.8 Å². The summed E-state index contributed by atoms with van der Waals surface area (Å²) in [7, 11) is 0. The fourth-order valence-corrected chi connectivity index (χ4v) is 1.54. The number of carbonyl (C=O) groups excluding carboxylic acids is 1. The lowest BCUT2D eigenvalue weighted by molar-refractivity contribution is -0.137. The Hall–Kier alpha value is -2.57. The summed E-state index contributed by atoms with van der Waals surface area (Å²) in [5, 5.41) is 0. The topological polar surface area (TPSA) is 54.0 Å². The summed E-state index contributed by atoms with van der Waals surface area (Å²) in [5.74, 6) is -0.552. The Balaban J connectivity index is 2.11. The van der Waals surface area contributed by atoms with E-state index in [1.54, 1.807) is 0 Å². The van der Waals surface area contributed by atoms with Gasteiger partial charge in [0.2, 0.25) is 0 Å². The van der Waals surface area contributed by atoms with Crippen molar-refractivity contribution in [2.45, 2.75) is 6.18 Å². The lowest BCUT2D eigenvalue weighted by Crippen LogP contribution is -2.30. The maximum absolute atomic E-state index is 12.7. The van der Waals surface area contributed by atoms with E-state index in [2.05, 4.69) is 15.8 Å². The third-order valence-corrected chi connectivity index (χ3v) is 2.49. The van der Waals surface area contributed by atoms with Crippen LogP contribution in [0.25, 0.3) is 0 Å². The maximum atomic E-state index is 12.7. The summed E-state index contributed by atoms with van der Waals surface area (Å²) in [6.07, 6.45) is -1.66. The van der Waals surface area contributed by atoms with Crippen LogP contribution in [-0.4, -0.2) is 10.9 Å². The van der Waals surface area contributed by atoms with Gasteiger partial charge in [0.05, 0.1) is 11.3 Å². The van der Waals surface area contributed by atoms with Gasteiger partial charge in [-0.05, 0) is 24.3 Å².